The fraction of sp³-hybridized carbons (Fsp3) is 0.462. The van der Waals surface area contributed by atoms with Gasteiger partial charge in [-0.15, -0.1) is 11.3 Å². The van der Waals surface area contributed by atoms with Crippen LogP contribution in [0.2, 0.25) is 0 Å². The van der Waals surface area contributed by atoms with Crippen LogP contribution >= 0.6 is 11.3 Å². The Labute approximate surface area is 126 Å². The smallest absolute Gasteiger partial charge is 0.328 e. The third-order valence-electron chi connectivity index (χ3n) is 3.18. The zero-order chi connectivity index (χ0) is 15.2. The number of hydrogen-bond donors (Lipinski definition) is 1. The Kier molecular flexibility index (Phi) is 5.43. The molecule has 1 aromatic heterocycles. The van der Waals surface area contributed by atoms with Crippen LogP contribution in [0.15, 0.2) is 23.7 Å². The summed E-state index contributed by atoms with van der Waals surface area (Å²) in [7, 11) is 0. The van der Waals surface area contributed by atoms with Gasteiger partial charge in [-0.05, 0) is 6.92 Å². The lowest BCUT2D eigenvalue weighted by atomic mass is 10.3. The van der Waals surface area contributed by atoms with Gasteiger partial charge in [0.25, 0.3) is 5.91 Å². The number of carbonyl (C=O) groups is 2. The van der Waals surface area contributed by atoms with Crippen molar-refractivity contribution >= 4 is 28.3 Å². The van der Waals surface area contributed by atoms with Crippen LogP contribution in [0.5, 0.6) is 0 Å². The number of thiazole rings is 1. The van der Waals surface area contributed by atoms with E-state index in [0.717, 1.165) is 25.2 Å². The minimum atomic E-state index is -1.15. The molecule has 1 aliphatic heterocycles. The maximum Gasteiger partial charge on any atom is 0.328 e. The Bertz CT molecular complexity index is 511. The van der Waals surface area contributed by atoms with E-state index in [1.807, 2.05) is 6.92 Å². The van der Waals surface area contributed by atoms with Crippen molar-refractivity contribution < 1.29 is 19.4 Å². The van der Waals surface area contributed by atoms with Gasteiger partial charge in [0.15, 0.2) is 5.13 Å². The molecule has 1 aliphatic rings. The molecule has 1 amide bonds. The second-order valence-electron chi connectivity index (χ2n) is 4.47. The van der Waals surface area contributed by atoms with Crippen molar-refractivity contribution in [1.29, 1.82) is 0 Å². The predicted octanol–water partition coefficient (Wildman–Crippen LogP) is 0.795. The number of carboxylic acid groups (broad SMARTS) is 1. The fourth-order valence-corrected chi connectivity index (χ4v) is 2.83. The summed E-state index contributed by atoms with van der Waals surface area (Å²) in [6, 6.07) is 0. The normalized spacial score (nSPS) is 17.8. The van der Waals surface area contributed by atoms with Gasteiger partial charge >= 0.3 is 5.97 Å². The van der Waals surface area contributed by atoms with Gasteiger partial charge < -0.3 is 9.84 Å². The van der Waals surface area contributed by atoms with E-state index < -0.39 is 11.9 Å². The molecule has 0 radical (unpaired) electrons. The zero-order valence-corrected chi connectivity index (χ0v) is 12.5. The molecule has 0 aliphatic carbocycles. The number of ether oxygens (including phenoxy) is 1. The highest BCUT2D eigenvalue weighted by molar-refractivity contribution is 7.13. The van der Waals surface area contributed by atoms with Gasteiger partial charge in [0.2, 0.25) is 0 Å². The third kappa shape index (κ3) is 4.10. The topological polar surface area (TPSA) is 83.0 Å². The van der Waals surface area contributed by atoms with E-state index in [4.69, 9.17) is 9.84 Å². The summed E-state index contributed by atoms with van der Waals surface area (Å²) in [5.74, 6) is -1.55. The minimum Gasteiger partial charge on any atom is -0.478 e. The second kappa shape index (κ2) is 7.30. The molecular formula is C13H17N3O4S. The number of amides is 1. The van der Waals surface area contributed by atoms with Crippen LogP contribution in [-0.2, 0) is 14.3 Å². The molecule has 7 nitrogen and oxygen atoms in total. The third-order valence-corrected chi connectivity index (χ3v) is 3.95. The van der Waals surface area contributed by atoms with Crippen LogP contribution in [-0.4, -0.2) is 59.3 Å². The van der Waals surface area contributed by atoms with Crippen molar-refractivity contribution in [1.82, 2.24) is 9.88 Å². The van der Waals surface area contributed by atoms with Gasteiger partial charge in [-0.2, -0.15) is 0 Å². The number of rotatable bonds is 5. The summed E-state index contributed by atoms with van der Waals surface area (Å²) in [6.45, 7) is 4.58. The van der Waals surface area contributed by atoms with Crippen LogP contribution < -0.4 is 4.90 Å². The van der Waals surface area contributed by atoms with Gasteiger partial charge in [-0.1, -0.05) is 0 Å². The number of nitrogens with zero attached hydrogens (tertiary/aromatic N) is 3. The monoisotopic (exact) mass is 311 g/mol. The maximum absolute atomic E-state index is 12.3. The molecule has 1 N–H and O–H groups in total. The SMILES string of the molecule is CC(N1CCOCC1)N(C(=O)C=CC(=O)O)c1nccs1. The van der Waals surface area contributed by atoms with Crippen molar-refractivity contribution in [3.8, 4) is 0 Å². The summed E-state index contributed by atoms with van der Waals surface area (Å²) in [5, 5.41) is 11.0. The van der Waals surface area contributed by atoms with E-state index >= 15 is 0 Å². The van der Waals surface area contributed by atoms with Crippen molar-refractivity contribution in [2.24, 2.45) is 0 Å². The van der Waals surface area contributed by atoms with Crippen molar-refractivity contribution in [3.05, 3.63) is 23.7 Å². The first-order valence-electron chi connectivity index (χ1n) is 6.55. The maximum atomic E-state index is 12.3. The van der Waals surface area contributed by atoms with E-state index in [0.29, 0.717) is 18.3 Å². The first-order chi connectivity index (χ1) is 10.1. The minimum absolute atomic E-state index is 0.217. The molecule has 1 saturated heterocycles. The average Bonchev–Trinajstić information content (AvgIpc) is 3.00. The van der Waals surface area contributed by atoms with E-state index in [1.54, 1.807) is 11.6 Å². The van der Waals surface area contributed by atoms with Crippen molar-refractivity contribution in [2.45, 2.75) is 13.1 Å². The summed E-state index contributed by atoms with van der Waals surface area (Å²) in [6.07, 6.45) is 3.30. The fourth-order valence-electron chi connectivity index (χ4n) is 2.11. The number of hydrogen-bond acceptors (Lipinski definition) is 6. The van der Waals surface area contributed by atoms with Crippen LogP contribution in [0, 0.1) is 0 Å². The van der Waals surface area contributed by atoms with Gasteiger partial charge in [0.1, 0.15) is 0 Å². The van der Waals surface area contributed by atoms with Gasteiger partial charge in [0, 0.05) is 36.8 Å². The highest BCUT2D eigenvalue weighted by Crippen LogP contribution is 2.22. The quantitative estimate of drug-likeness (QED) is 0.810. The Morgan fingerprint density at radius 1 is 1.48 bits per heavy atom. The van der Waals surface area contributed by atoms with Gasteiger partial charge in [-0.25, -0.2) is 9.78 Å². The number of morpholine rings is 1. The Morgan fingerprint density at radius 3 is 2.76 bits per heavy atom. The van der Waals surface area contributed by atoms with Crippen LogP contribution in [0.4, 0.5) is 5.13 Å². The standard InChI is InChI=1S/C13H17N3O4S/c1-10(15-5-7-20-8-6-15)16(13-14-4-9-21-13)11(17)2-3-12(18)19/h2-4,9-10H,5-8H2,1H3,(H,18,19). The molecular weight excluding hydrogens is 294 g/mol. The number of aromatic nitrogens is 1. The molecule has 1 aromatic rings. The molecule has 1 atom stereocenters. The highest BCUT2D eigenvalue weighted by atomic mass is 32.1. The average molecular weight is 311 g/mol. The van der Waals surface area contributed by atoms with E-state index in [1.165, 1.54) is 16.2 Å². The Morgan fingerprint density at radius 2 is 2.19 bits per heavy atom. The molecule has 8 heteroatoms. The molecule has 0 saturated carbocycles. The van der Waals surface area contributed by atoms with Crippen LogP contribution in [0.25, 0.3) is 0 Å². The number of aliphatic carboxylic acids is 1. The van der Waals surface area contributed by atoms with Gasteiger partial charge in [0.05, 0.1) is 19.4 Å². The number of anilines is 1. The van der Waals surface area contributed by atoms with Crippen molar-refractivity contribution in [3.63, 3.8) is 0 Å². The molecule has 1 unspecified atom stereocenters. The molecule has 1 fully saturated rings. The number of carbonyl (C=O) groups excluding carboxylic acids is 1. The van der Waals surface area contributed by atoms with Crippen molar-refractivity contribution in [2.75, 3.05) is 31.2 Å². The lowest BCUT2D eigenvalue weighted by Crippen LogP contribution is -2.52. The van der Waals surface area contributed by atoms with Gasteiger partial charge in [-0.3, -0.25) is 14.6 Å². The van der Waals surface area contributed by atoms with Crippen LogP contribution in [0.3, 0.4) is 0 Å². The summed E-state index contributed by atoms with van der Waals surface area (Å²) in [5.41, 5.74) is 0. The summed E-state index contributed by atoms with van der Waals surface area (Å²) in [4.78, 5) is 30.7. The molecule has 2 heterocycles. The molecule has 21 heavy (non-hydrogen) atoms. The summed E-state index contributed by atoms with van der Waals surface area (Å²) < 4.78 is 5.31. The molecule has 2 rings (SSSR count). The first-order valence-corrected chi connectivity index (χ1v) is 7.43. The van der Waals surface area contributed by atoms with E-state index in [2.05, 4.69) is 9.88 Å². The molecule has 0 bridgehead atoms. The second-order valence-corrected chi connectivity index (χ2v) is 5.35. The highest BCUT2D eigenvalue weighted by Gasteiger charge is 2.28. The van der Waals surface area contributed by atoms with E-state index in [9.17, 15) is 9.59 Å². The lowest BCUT2D eigenvalue weighted by Gasteiger charge is -2.37. The Hall–Kier alpha value is -1.77. The molecule has 0 spiro atoms. The molecule has 0 aromatic carbocycles. The first kappa shape index (κ1) is 15.6. The zero-order valence-electron chi connectivity index (χ0n) is 11.6. The molecule has 114 valence electrons. The van der Waals surface area contributed by atoms with E-state index in [-0.39, 0.29) is 6.17 Å². The largest absolute Gasteiger partial charge is 0.478 e. The summed E-state index contributed by atoms with van der Waals surface area (Å²) >= 11 is 1.34. The lowest BCUT2D eigenvalue weighted by molar-refractivity contribution is -0.131. The van der Waals surface area contributed by atoms with Crippen LogP contribution in [0.1, 0.15) is 6.92 Å². The number of carboxylic acids is 1. The Balaban J connectivity index is 2.19. The predicted molar refractivity (Wildman–Crippen MR) is 78.2 cm³/mol.